The normalized spacial score (nSPS) is 10.1. The summed E-state index contributed by atoms with van der Waals surface area (Å²) in [6, 6.07) is 9.17. The molecule has 90 valence electrons. The van der Waals surface area contributed by atoms with Crippen LogP contribution in [0.3, 0.4) is 0 Å². The van der Waals surface area contributed by atoms with Gasteiger partial charge in [-0.2, -0.15) is 5.26 Å². The molecule has 0 aliphatic rings. The molecule has 1 aromatic heterocycles. The van der Waals surface area contributed by atoms with Gasteiger partial charge < -0.3 is 9.67 Å². The summed E-state index contributed by atoms with van der Waals surface area (Å²) < 4.78 is 1.54. The largest absolute Gasteiger partial charge is 0.477 e. The summed E-state index contributed by atoms with van der Waals surface area (Å²) in [5, 5.41) is 18.1. The first-order valence-corrected chi connectivity index (χ1v) is 5.47. The van der Waals surface area contributed by atoms with Crippen molar-refractivity contribution in [2.75, 3.05) is 0 Å². The number of aryl methyl sites for hydroxylation is 2. The van der Waals surface area contributed by atoms with Gasteiger partial charge in [-0.1, -0.05) is 17.7 Å². The summed E-state index contributed by atoms with van der Waals surface area (Å²) in [4.78, 5) is 11.2. The lowest BCUT2D eigenvalue weighted by molar-refractivity contribution is 0.0688. The molecule has 0 spiro atoms. The second-order valence-electron chi connectivity index (χ2n) is 4.15. The molecule has 1 N–H and O–H groups in total. The van der Waals surface area contributed by atoms with E-state index in [1.54, 1.807) is 6.20 Å². The van der Waals surface area contributed by atoms with Crippen molar-refractivity contribution in [2.45, 2.75) is 13.8 Å². The summed E-state index contributed by atoms with van der Waals surface area (Å²) in [6.45, 7) is 3.89. The quantitative estimate of drug-likeness (QED) is 0.877. The van der Waals surface area contributed by atoms with Crippen LogP contribution in [0.4, 0.5) is 0 Å². The van der Waals surface area contributed by atoms with Gasteiger partial charge in [0, 0.05) is 11.9 Å². The lowest BCUT2D eigenvalue weighted by Gasteiger charge is -2.10. The van der Waals surface area contributed by atoms with Crippen molar-refractivity contribution in [3.63, 3.8) is 0 Å². The van der Waals surface area contributed by atoms with Crippen LogP contribution in [-0.4, -0.2) is 15.6 Å². The number of nitrogens with zero attached hydrogens (tertiary/aromatic N) is 2. The van der Waals surface area contributed by atoms with Gasteiger partial charge in [0.05, 0.1) is 5.56 Å². The lowest BCUT2D eigenvalue weighted by atomic mass is 10.1. The second-order valence-corrected chi connectivity index (χ2v) is 4.15. The zero-order chi connectivity index (χ0) is 13.3. The van der Waals surface area contributed by atoms with E-state index in [0.717, 1.165) is 16.8 Å². The van der Waals surface area contributed by atoms with E-state index in [9.17, 15) is 9.90 Å². The average molecular weight is 240 g/mol. The van der Waals surface area contributed by atoms with Crippen LogP contribution in [-0.2, 0) is 0 Å². The number of rotatable bonds is 2. The Kier molecular flexibility index (Phi) is 2.90. The van der Waals surface area contributed by atoms with Gasteiger partial charge >= 0.3 is 5.97 Å². The minimum Gasteiger partial charge on any atom is -0.477 e. The minimum atomic E-state index is -1.10. The highest BCUT2D eigenvalue weighted by atomic mass is 16.4. The predicted molar refractivity (Wildman–Crippen MR) is 66.9 cm³/mol. The molecule has 0 bridgehead atoms. The van der Waals surface area contributed by atoms with Crippen molar-refractivity contribution in [3.8, 4) is 11.8 Å². The number of hydrogen-bond acceptors (Lipinski definition) is 2. The molecule has 0 aliphatic carbocycles. The number of carbonyl (C=O) groups is 1. The van der Waals surface area contributed by atoms with Gasteiger partial charge in [-0.05, 0) is 31.5 Å². The predicted octanol–water partition coefficient (Wildman–Crippen LogP) is 2.66. The zero-order valence-electron chi connectivity index (χ0n) is 10.1. The summed E-state index contributed by atoms with van der Waals surface area (Å²) in [7, 11) is 0. The highest BCUT2D eigenvalue weighted by Gasteiger charge is 2.17. The van der Waals surface area contributed by atoms with E-state index in [4.69, 9.17) is 5.26 Å². The first-order valence-electron chi connectivity index (χ1n) is 5.47. The SMILES string of the molecule is Cc1ccc(-n2ccc(C#N)c2C(=O)O)c(C)c1. The Morgan fingerprint density at radius 2 is 2.06 bits per heavy atom. The number of benzene rings is 1. The van der Waals surface area contributed by atoms with Crippen molar-refractivity contribution in [1.82, 2.24) is 4.57 Å². The standard InChI is InChI=1S/C14H12N2O2/c1-9-3-4-12(10(2)7-9)16-6-5-11(8-15)13(16)14(17)18/h3-7H,1-2H3,(H,17,18). The molecule has 0 fully saturated rings. The molecule has 0 radical (unpaired) electrons. The number of carboxylic acids is 1. The van der Waals surface area contributed by atoms with Gasteiger partial charge in [0.2, 0.25) is 0 Å². The van der Waals surface area contributed by atoms with Gasteiger partial charge in [0.1, 0.15) is 11.8 Å². The van der Waals surface area contributed by atoms with Gasteiger partial charge in [-0.25, -0.2) is 4.79 Å². The maximum Gasteiger partial charge on any atom is 0.354 e. The molecule has 2 aromatic rings. The molecule has 0 aliphatic heterocycles. The Morgan fingerprint density at radius 1 is 1.33 bits per heavy atom. The van der Waals surface area contributed by atoms with Crippen LogP contribution >= 0.6 is 0 Å². The van der Waals surface area contributed by atoms with E-state index in [0.29, 0.717) is 0 Å². The number of aromatic nitrogens is 1. The van der Waals surface area contributed by atoms with Gasteiger partial charge in [-0.15, -0.1) is 0 Å². The van der Waals surface area contributed by atoms with E-state index in [-0.39, 0.29) is 11.3 Å². The summed E-state index contributed by atoms with van der Waals surface area (Å²) in [5.74, 6) is -1.10. The van der Waals surface area contributed by atoms with Crippen LogP contribution in [0, 0.1) is 25.2 Å². The zero-order valence-corrected chi connectivity index (χ0v) is 10.1. The van der Waals surface area contributed by atoms with Crippen LogP contribution < -0.4 is 0 Å². The summed E-state index contributed by atoms with van der Waals surface area (Å²) >= 11 is 0. The minimum absolute atomic E-state index is 0.00412. The number of carboxylic acid groups (broad SMARTS) is 1. The smallest absolute Gasteiger partial charge is 0.354 e. The molecular weight excluding hydrogens is 228 g/mol. The van der Waals surface area contributed by atoms with Crippen LogP contribution in [0.1, 0.15) is 27.2 Å². The molecule has 4 heteroatoms. The van der Waals surface area contributed by atoms with Crippen LogP contribution in [0.15, 0.2) is 30.5 Å². The fourth-order valence-electron chi connectivity index (χ4n) is 2.02. The molecule has 0 saturated heterocycles. The molecule has 0 amide bonds. The van der Waals surface area contributed by atoms with Crippen LogP contribution in [0.2, 0.25) is 0 Å². The Morgan fingerprint density at radius 3 is 2.61 bits per heavy atom. The lowest BCUT2D eigenvalue weighted by Crippen LogP contribution is -2.08. The number of aromatic carboxylic acids is 1. The average Bonchev–Trinajstić information content (AvgIpc) is 2.72. The van der Waals surface area contributed by atoms with E-state index in [1.807, 2.05) is 38.1 Å². The van der Waals surface area contributed by atoms with Crippen molar-refractivity contribution >= 4 is 5.97 Å². The second kappa shape index (κ2) is 4.38. The fraction of sp³-hybridized carbons (Fsp3) is 0.143. The molecular formula is C14H12N2O2. The maximum absolute atomic E-state index is 11.2. The highest BCUT2D eigenvalue weighted by Crippen LogP contribution is 2.21. The van der Waals surface area contributed by atoms with E-state index in [2.05, 4.69) is 0 Å². The van der Waals surface area contributed by atoms with Crippen molar-refractivity contribution < 1.29 is 9.90 Å². The van der Waals surface area contributed by atoms with E-state index in [1.165, 1.54) is 10.6 Å². The number of nitriles is 1. The van der Waals surface area contributed by atoms with E-state index < -0.39 is 5.97 Å². The molecule has 2 rings (SSSR count). The molecule has 0 atom stereocenters. The third-order valence-electron chi connectivity index (χ3n) is 2.82. The maximum atomic E-state index is 11.2. The first-order chi connectivity index (χ1) is 8.54. The van der Waals surface area contributed by atoms with Crippen molar-refractivity contribution in [3.05, 3.63) is 52.8 Å². The van der Waals surface area contributed by atoms with Crippen molar-refractivity contribution in [1.29, 1.82) is 5.26 Å². The first kappa shape index (κ1) is 11.9. The molecule has 18 heavy (non-hydrogen) atoms. The Hall–Kier alpha value is -2.54. The molecule has 4 nitrogen and oxygen atoms in total. The third-order valence-corrected chi connectivity index (χ3v) is 2.82. The molecule has 0 unspecified atom stereocenters. The summed E-state index contributed by atoms with van der Waals surface area (Å²) in [6.07, 6.45) is 1.61. The third kappa shape index (κ3) is 1.87. The molecule has 1 aromatic carbocycles. The molecule has 0 saturated carbocycles. The monoisotopic (exact) mass is 240 g/mol. The van der Waals surface area contributed by atoms with Crippen molar-refractivity contribution in [2.24, 2.45) is 0 Å². The van der Waals surface area contributed by atoms with Crippen LogP contribution in [0.25, 0.3) is 5.69 Å². The topological polar surface area (TPSA) is 66.0 Å². The Labute approximate surface area is 105 Å². The van der Waals surface area contributed by atoms with Crippen LogP contribution in [0.5, 0.6) is 0 Å². The van der Waals surface area contributed by atoms with E-state index >= 15 is 0 Å². The Balaban J connectivity index is 2.69. The fourth-order valence-corrected chi connectivity index (χ4v) is 2.02. The van der Waals surface area contributed by atoms with Gasteiger partial charge in [0.25, 0.3) is 0 Å². The number of hydrogen-bond donors (Lipinski definition) is 1. The molecule has 1 heterocycles. The summed E-state index contributed by atoms with van der Waals surface area (Å²) in [5.41, 5.74) is 3.03. The van der Waals surface area contributed by atoms with Gasteiger partial charge in [0.15, 0.2) is 0 Å². The van der Waals surface area contributed by atoms with Gasteiger partial charge in [-0.3, -0.25) is 0 Å². The Bertz CT molecular complexity index is 663. The highest BCUT2D eigenvalue weighted by molar-refractivity contribution is 5.89.